The molecule has 4 rings (SSSR count). The molecule has 2 aliphatic rings. The molecule has 2 heterocycles. The lowest BCUT2D eigenvalue weighted by Crippen LogP contribution is -2.32. The molecule has 1 aliphatic heterocycles. The molecule has 0 bridgehead atoms. The Kier molecular flexibility index (Phi) is 5.03. The van der Waals surface area contributed by atoms with E-state index >= 15 is 0 Å². The minimum atomic E-state index is -3.80. The van der Waals surface area contributed by atoms with E-state index in [1.807, 2.05) is 23.1 Å². The molecular weight excluding hydrogens is 380 g/mol. The van der Waals surface area contributed by atoms with Crippen molar-refractivity contribution in [2.24, 2.45) is 0 Å². The molecule has 1 saturated carbocycles. The Morgan fingerprint density at radius 3 is 2.54 bits per heavy atom. The first-order chi connectivity index (χ1) is 13.5. The van der Waals surface area contributed by atoms with Gasteiger partial charge in [-0.3, -0.25) is 15.1 Å². The van der Waals surface area contributed by atoms with E-state index in [0.717, 1.165) is 31.4 Å². The number of rotatable bonds is 7. The van der Waals surface area contributed by atoms with E-state index in [2.05, 4.69) is 4.98 Å². The van der Waals surface area contributed by atoms with Crippen molar-refractivity contribution in [1.29, 1.82) is 0 Å². The molecule has 2 fully saturated rings. The zero-order valence-electron chi connectivity index (χ0n) is 15.4. The fourth-order valence-corrected chi connectivity index (χ4v) is 5.33. The summed E-state index contributed by atoms with van der Waals surface area (Å²) in [6.45, 7) is 1.37. The Labute approximate surface area is 164 Å². The van der Waals surface area contributed by atoms with Crippen molar-refractivity contribution in [2.45, 2.75) is 43.2 Å². The van der Waals surface area contributed by atoms with Crippen molar-refractivity contribution in [3.05, 3.63) is 58.4 Å². The smallest absolute Gasteiger partial charge is 0.270 e. The molecule has 0 radical (unpaired) electrons. The van der Waals surface area contributed by atoms with Crippen LogP contribution in [0.3, 0.4) is 0 Å². The highest BCUT2D eigenvalue weighted by molar-refractivity contribution is 7.89. The number of benzene rings is 1. The molecule has 1 aromatic heterocycles. The lowest BCUT2D eigenvalue weighted by molar-refractivity contribution is -0.385. The predicted octanol–water partition coefficient (Wildman–Crippen LogP) is 2.94. The second-order valence-electron chi connectivity index (χ2n) is 7.20. The van der Waals surface area contributed by atoms with Crippen molar-refractivity contribution in [3.63, 3.8) is 0 Å². The number of anilines is 1. The Morgan fingerprint density at radius 2 is 1.93 bits per heavy atom. The molecule has 2 aromatic rings. The largest absolute Gasteiger partial charge is 0.362 e. The van der Waals surface area contributed by atoms with E-state index in [1.54, 1.807) is 12.3 Å². The van der Waals surface area contributed by atoms with Crippen LogP contribution in [0.4, 0.5) is 11.4 Å². The van der Waals surface area contributed by atoms with Crippen LogP contribution in [-0.2, 0) is 16.6 Å². The van der Waals surface area contributed by atoms with Gasteiger partial charge in [0.25, 0.3) is 5.69 Å². The van der Waals surface area contributed by atoms with Gasteiger partial charge in [0, 0.05) is 37.5 Å². The van der Waals surface area contributed by atoms with Gasteiger partial charge < -0.3 is 4.90 Å². The fraction of sp³-hybridized carbons (Fsp3) is 0.421. The van der Waals surface area contributed by atoms with Crippen LogP contribution in [0.25, 0.3) is 0 Å². The Morgan fingerprint density at radius 1 is 1.18 bits per heavy atom. The number of aromatic nitrogens is 1. The van der Waals surface area contributed by atoms with Crippen molar-refractivity contribution < 1.29 is 13.3 Å². The number of nitro benzene ring substituents is 1. The van der Waals surface area contributed by atoms with Gasteiger partial charge in [-0.1, -0.05) is 6.07 Å². The van der Waals surface area contributed by atoms with Crippen LogP contribution in [-0.4, -0.2) is 41.8 Å². The average molecular weight is 402 g/mol. The molecule has 148 valence electrons. The molecule has 9 heteroatoms. The monoisotopic (exact) mass is 402 g/mol. The van der Waals surface area contributed by atoms with Gasteiger partial charge in [0.1, 0.15) is 4.90 Å². The summed E-state index contributed by atoms with van der Waals surface area (Å²) < 4.78 is 28.0. The maximum absolute atomic E-state index is 13.3. The number of nitrogens with zero attached hydrogens (tertiary/aromatic N) is 4. The van der Waals surface area contributed by atoms with Gasteiger partial charge in [-0.25, -0.2) is 8.42 Å². The molecule has 0 spiro atoms. The molecule has 0 amide bonds. The zero-order chi connectivity index (χ0) is 19.7. The maximum atomic E-state index is 13.3. The van der Waals surface area contributed by atoms with E-state index in [1.165, 1.54) is 16.4 Å². The highest BCUT2D eigenvalue weighted by Gasteiger charge is 2.36. The number of non-ortho nitro benzene ring substituents is 1. The lowest BCUT2D eigenvalue weighted by Gasteiger charge is -2.28. The Bertz CT molecular complexity index is 971. The first kappa shape index (κ1) is 18.8. The van der Waals surface area contributed by atoms with Gasteiger partial charge in [0.05, 0.1) is 22.8 Å². The molecule has 0 atom stereocenters. The van der Waals surface area contributed by atoms with Gasteiger partial charge in [0.15, 0.2) is 0 Å². The predicted molar refractivity (Wildman–Crippen MR) is 105 cm³/mol. The van der Waals surface area contributed by atoms with Gasteiger partial charge in [-0.15, -0.1) is 0 Å². The van der Waals surface area contributed by atoms with Crippen LogP contribution in [0, 0.1) is 10.1 Å². The van der Waals surface area contributed by atoms with Crippen molar-refractivity contribution in [2.75, 3.05) is 18.0 Å². The fourth-order valence-electron chi connectivity index (χ4n) is 3.59. The Balaban J connectivity index is 1.79. The van der Waals surface area contributed by atoms with Crippen LogP contribution in [0.15, 0.2) is 47.5 Å². The van der Waals surface area contributed by atoms with Crippen LogP contribution in [0.5, 0.6) is 0 Å². The maximum Gasteiger partial charge on any atom is 0.270 e. The second-order valence-corrected chi connectivity index (χ2v) is 9.11. The van der Waals surface area contributed by atoms with Crippen molar-refractivity contribution in [1.82, 2.24) is 9.29 Å². The van der Waals surface area contributed by atoms with E-state index in [4.69, 9.17) is 0 Å². The normalized spacial score (nSPS) is 17.6. The molecule has 0 unspecified atom stereocenters. The summed E-state index contributed by atoms with van der Waals surface area (Å²) in [5, 5.41) is 11.3. The van der Waals surface area contributed by atoms with E-state index in [0.29, 0.717) is 25.3 Å². The quantitative estimate of drug-likeness (QED) is 0.522. The van der Waals surface area contributed by atoms with Gasteiger partial charge in [-0.2, -0.15) is 4.31 Å². The summed E-state index contributed by atoms with van der Waals surface area (Å²) >= 11 is 0. The third-order valence-corrected chi connectivity index (χ3v) is 7.12. The lowest BCUT2D eigenvalue weighted by atomic mass is 10.2. The molecule has 8 nitrogen and oxygen atoms in total. The van der Waals surface area contributed by atoms with Crippen molar-refractivity contribution >= 4 is 21.4 Å². The number of nitro groups is 1. The van der Waals surface area contributed by atoms with Crippen LogP contribution >= 0.6 is 0 Å². The van der Waals surface area contributed by atoms with E-state index < -0.39 is 14.9 Å². The SMILES string of the molecule is O=[N+]([O-])c1ccc(N(Cc2ccccn2)C2CC2)c(S(=O)(=O)N2CCCC2)c1. The average Bonchev–Trinajstić information content (AvgIpc) is 3.38. The van der Waals surface area contributed by atoms with Crippen molar-refractivity contribution in [3.8, 4) is 0 Å². The number of sulfonamides is 1. The summed E-state index contributed by atoms with van der Waals surface area (Å²) in [6, 6.07) is 10.0. The second kappa shape index (κ2) is 7.48. The highest BCUT2D eigenvalue weighted by Crippen LogP contribution is 2.39. The molecule has 1 aliphatic carbocycles. The third kappa shape index (κ3) is 3.72. The molecule has 1 aromatic carbocycles. The number of hydrogen-bond acceptors (Lipinski definition) is 6. The van der Waals surface area contributed by atoms with E-state index in [9.17, 15) is 18.5 Å². The van der Waals surface area contributed by atoms with E-state index in [-0.39, 0.29) is 16.6 Å². The van der Waals surface area contributed by atoms with Gasteiger partial charge in [0.2, 0.25) is 10.0 Å². The standard InChI is InChI=1S/C19H22N4O4S/c24-23(25)17-8-9-18(19(13-17)28(26,27)21-11-3-4-12-21)22(16-6-7-16)14-15-5-1-2-10-20-15/h1-2,5,8-10,13,16H,3-4,6-7,11-12,14H2. The van der Waals surface area contributed by atoms with Crippen LogP contribution in [0.1, 0.15) is 31.4 Å². The van der Waals surface area contributed by atoms with Crippen LogP contribution < -0.4 is 4.90 Å². The molecule has 28 heavy (non-hydrogen) atoms. The highest BCUT2D eigenvalue weighted by atomic mass is 32.2. The number of hydrogen-bond donors (Lipinski definition) is 0. The minimum Gasteiger partial charge on any atom is -0.362 e. The molecule has 0 N–H and O–H groups in total. The molecular formula is C19H22N4O4S. The first-order valence-electron chi connectivity index (χ1n) is 9.42. The Hall–Kier alpha value is -2.52. The van der Waals surface area contributed by atoms with Gasteiger partial charge >= 0.3 is 0 Å². The third-order valence-electron chi connectivity index (χ3n) is 5.19. The molecule has 1 saturated heterocycles. The minimum absolute atomic E-state index is 0.0198. The summed E-state index contributed by atoms with van der Waals surface area (Å²) in [6.07, 6.45) is 5.26. The summed E-state index contributed by atoms with van der Waals surface area (Å²) in [5.41, 5.74) is 1.14. The summed E-state index contributed by atoms with van der Waals surface area (Å²) in [7, 11) is -3.80. The summed E-state index contributed by atoms with van der Waals surface area (Å²) in [4.78, 5) is 17.1. The topological polar surface area (TPSA) is 96.6 Å². The van der Waals surface area contributed by atoms with Gasteiger partial charge in [-0.05, 0) is 43.9 Å². The van der Waals surface area contributed by atoms with Crippen LogP contribution in [0.2, 0.25) is 0 Å². The summed E-state index contributed by atoms with van der Waals surface area (Å²) in [5.74, 6) is 0. The number of pyridine rings is 1. The first-order valence-corrected chi connectivity index (χ1v) is 10.9. The zero-order valence-corrected chi connectivity index (χ0v) is 16.2.